The van der Waals surface area contributed by atoms with Gasteiger partial charge < -0.3 is 0 Å². The molecule has 0 unspecified atom stereocenters. The maximum absolute atomic E-state index is 4.67. The molecule has 182 valence electrons. The molecule has 0 spiro atoms. The fraction of sp³-hybridized carbons (Fsp3) is 0.0556. The Bertz CT molecular complexity index is 1670. The summed E-state index contributed by atoms with van der Waals surface area (Å²) in [6.45, 7) is 4.20. The topological polar surface area (TPSA) is 25.8 Å². The number of hydrogen-bond acceptors (Lipinski definition) is 2. The predicted octanol–water partition coefficient (Wildman–Crippen LogP) is 9.41. The fourth-order valence-corrected chi connectivity index (χ4v) is 4.58. The van der Waals surface area contributed by atoms with Gasteiger partial charge in [0.25, 0.3) is 0 Å². The van der Waals surface area contributed by atoms with Gasteiger partial charge in [-0.1, -0.05) is 96.1 Å². The summed E-state index contributed by atoms with van der Waals surface area (Å²) in [5.74, 6) is 0. The van der Waals surface area contributed by atoms with Crippen LogP contribution in [0.25, 0.3) is 57.0 Å². The van der Waals surface area contributed by atoms with Crippen LogP contribution in [-0.4, -0.2) is 9.97 Å². The largest absolute Gasteiger partial charge is 0.256 e. The Morgan fingerprint density at radius 1 is 0.421 bits per heavy atom. The van der Waals surface area contributed by atoms with Crippen LogP contribution in [0.2, 0.25) is 0 Å². The molecule has 6 rings (SSSR count). The molecule has 0 bridgehead atoms. The summed E-state index contributed by atoms with van der Waals surface area (Å²) in [7, 11) is 0. The van der Waals surface area contributed by atoms with E-state index in [0.717, 1.165) is 22.2 Å². The SMILES string of the molecule is Cc1ccc(/C=C/c2cc3ccc(-c4ccc5cc(/C=C/c6ccc(C)cc6)ncc5c4)cc3cn2)cc1. The van der Waals surface area contributed by atoms with Crippen molar-refractivity contribution >= 4 is 45.8 Å². The van der Waals surface area contributed by atoms with Crippen molar-refractivity contribution in [2.24, 2.45) is 0 Å². The number of nitrogens with zero attached hydrogens (tertiary/aromatic N) is 2. The summed E-state index contributed by atoms with van der Waals surface area (Å²) in [6.07, 6.45) is 12.3. The van der Waals surface area contributed by atoms with Crippen LogP contribution in [0, 0.1) is 13.8 Å². The maximum atomic E-state index is 4.67. The molecule has 38 heavy (non-hydrogen) atoms. The smallest absolute Gasteiger partial charge is 0.0636 e. The molecule has 0 aliphatic rings. The molecule has 2 heterocycles. The third kappa shape index (κ3) is 5.30. The molecule has 2 nitrogen and oxygen atoms in total. The zero-order chi connectivity index (χ0) is 25.9. The van der Waals surface area contributed by atoms with E-state index in [1.807, 2.05) is 12.4 Å². The lowest BCUT2D eigenvalue weighted by Gasteiger charge is -2.07. The molecule has 2 aromatic heterocycles. The van der Waals surface area contributed by atoms with Crippen LogP contribution in [0.15, 0.2) is 109 Å². The third-order valence-corrected chi connectivity index (χ3v) is 6.87. The molecule has 4 aromatic carbocycles. The van der Waals surface area contributed by atoms with Crippen molar-refractivity contribution in [1.29, 1.82) is 0 Å². The van der Waals surface area contributed by atoms with Crippen LogP contribution >= 0.6 is 0 Å². The molecule has 0 fully saturated rings. The second-order valence-electron chi connectivity index (χ2n) is 9.83. The highest BCUT2D eigenvalue weighted by Gasteiger charge is 2.04. The Morgan fingerprint density at radius 2 is 0.842 bits per heavy atom. The van der Waals surface area contributed by atoms with E-state index < -0.39 is 0 Å². The second kappa shape index (κ2) is 10.3. The number of pyridine rings is 2. The Morgan fingerprint density at radius 3 is 1.26 bits per heavy atom. The Balaban J connectivity index is 1.22. The number of hydrogen-bond donors (Lipinski definition) is 0. The normalized spacial score (nSPS) is 11.7. The van der Waals surface area contributed by atoms with E-state index in [2.05, 4.69) is 145 Å². The fourth-order valence-electron chi connectivity index (χ4n) is 4.58. The van der Waals surface area contributed by atoms with Gasteiger partial charge in [-0.2, -0.15) is 0 Å². The highest BCUT2D eigenvalue weighted by Crippen LogP contribution is 2.28. The van der Waals surface area contributed by atoms with Gasteiger partial charge in [0.2, 0.25) is 0 Å². The molecule has 0 saturated heterocycles. The maximum Gasteiger partial charge on any atom is 0.0636 e. The van der Waals surface area contributed by atoms with Gasteiger partial charge >= 0.3 is 0 Å². The molecule has 0 aliphatic carbocycles. The molecular weight excluding hydrogens is 460 g/mol. The highest BCUT2D eigenvalue weighted by atomic mass is 14.7. The van der Waals surface area contributed by atoms with Gasteiger partial charge in [-0.25, -0.2) is 0 Å². The quantitative estimate of drug-likeness (QED) is 0.241. The van der Waals surface area contributed by atoms with Gasteiger partial charge in [-0.3, -0.25) is 9.97 Å². The van der Waals surface area contributed by atoms with Crippen LogP contribution in [0.3, 0.4) is 0 Å². The number of benzene rings is 4. The van der Waals surface area contributed by atoms with Crippen molar-refractivity contribution in [3.05, 3.63) is 143 Å². The molecule has 2 heteroatoms. The number of rotatable bonds is 5. The molecular formula is C36H28N2. The first-order chi connectivity index (χ1) is 18.6. The Hall–Kier alpha value is -4.82. The molecule has 0 atom stereocenters. The molecule has 0 radical (unpaired) electrons. The molecule has 0 N–H and O–H groups in total. The van der Waals surface area contributed by atoms with Crippen molar-refractivity contribution in [3.8, 4) is 11.1 Å². The third-order valence-electron chi connectivity index (χ3n) is 6.87. The van der Waals surface area contributed by atoms with Crippen molar-refractivity contribution in [1.82, 2.24) is 9.97 Å². The number of aryl methyl sites for hydroxylation is 2. The minimum Gasteiger partial charge on any atom is -0.256 e. The lowest BCUT2D eigenvalue weighted by Crippen LogP contribution is -1.86. The van der Waals surface area contributed by atoms with Crippen molar-refractivity contribution < 1.29 is 0 Å². The standard InChI is InChI=1S/C36H28N2/c1-25-3-7-27(8-4-25)11-17-35-21-31-15-13-29(19-33(31)23-37-35)30-14-16-32-22-36(38-24-34(32)20-30)18-12-28-9-5-26(2)6-10-28/h3-24H,1-2H3/b17-11+,18-12+. The Kier molecular flexibility index (Phi) is 6.37. The van der Waals surface area contributed by atoms with Gasteiger partial charge in [0, 0.05) is 23.2 Å². The van der Waals surface area contributed by atoms with Crippen LogP contribution in [-0.2, 0) is 0 Å². The van der Waals surface area contributed by atoms with Gasteiger partial charge in [0.15, 0.2) is 0 Å². The van der Waals surface area contributed by atoms with Gasteiger partial charge in [0.05, 0.1) is 11.4 Å². The average molecular weight is 489 g/mol. The van der Waals surface area contributed by atoms with E-state index in [1.54, 1.807) is 0 Å². The Labute approximate surface area is 223 Å². The number of fused-ring (bicyclic) bond motifs is 2. The minimum atomic E-state index is 0.954. The summed E-state index contributed by atoms with van der Waals surface area (Å²) < 4.78 is 0. The highest BCUT2D eigenvalue weighted by molar-refractivity contribution is 5.92. The summed E-state index contributed by atoms with van der Waals surface area (Å²) in [4.78, 5) is 9.35. The van der Waals surface area contributed by atoms with Gasteiger partial charge in [-0.15, -0.1) is 0 Å². The molecule has 0 saturated carbocycles. The first-order valence-corrected chi connectivity index (χ1v) is 12.9. The van der Waals surface area contributed by atoms with E-state index >= 15 is 0 Å². The molecule has 0 amide bonds. The first kappa shape index (κ1) is 23.6. The van der Waals surface area contributed by atoms with Crippen LogP contribution in [0.4, 0.5) is 0 Å². The van der Waals surface area contributed by atoms with Crippen molar-refractivity contribution in [2.45, 2.75) is 13.8 Å². The van der Waals surface area contributed by atoms with E-state index in [9.17, 15) is 0 Å². The summed E-state index contributed by atoms with van der Waals surface area (Å²) in [5, 5.41) is 4.62. The monoisotopic (exact) mass is 488 g/mol. The lowest BCUT2D eigenvalue weighted by atomic mass is 9.99. The van der Waals surface area contributed by atoms with Gasteiger partial charge in [0.1, 0.15) is 0 Å². The zero-order valence-electron chi connectivity index (χ0n) is 21.6. The summed E-state index contributed by atoms with van der Waals surface area (Å²) in [6, 6.07) is 34.4. The van der Waals surface area contributed by atoms with Crippen molar-refractivity contribution in [3.63, 3.8) is 0 Å². The summed E-state index contributed by atoms with van der Waals surface area (Å²) >= 11 is 0. The minimum absolute atomic E-state index is 0.954. The van der Waals surface area contributed by atoms with E-state index in [4.69, 9.17) is 0 Å². The lowest BCUT2D eigenvalue weighted by molar-refractivity contribution is 1.33. The molecule has 6 aromatic rings. The van der Waals surface area contributed by atoms with Crippen LogP contribution in [0.5, 0.6) is 0 Å². The average Bonchev–Trinajstić information content (AvgIpc) is 2.96. The summed E-state index contributed by atoms with van der Waals surface area (Å²) in [5.41, 5.74) is 9.13. The van der Waals surface area contributed by atoms with E-state index in [1.165, 1.54) is 44.2 Å². The number of aromatic nitrogens is 2. The second-order valence-corrected chi connectivity index (χ2v) is 9.83. The first-order valence-electron chi connectivity index (χ1n) is 12.9. The van der Waals surface area contributed by atoms with Crippen LogP contribution in [0.1, 0.15) is 33.6 Å². The predicted molar refractivity (Wildman–Crippen MR) is 163 cm³/mol. The van der Waals surface area contributed by atoms with E-state index in [-0.39, 0.29) is 0 Å². The van der Waals surface area contributed by atoms with Crippen molar-refractivity contribution in [2.75, 3.05) is 0 Å². The van der Waals surface area contributed by atoms with Crippen LogP contribution < -0.4 is 0 Å². The van der Waals surface area contributed by atoms with Gasteiger partial charge in [-0.05, 0) is 83.3 Å². The molecule has 0 aliphatic heterocycles. The zero-order valence-corrected chi connectivity index (χ0v) is 21.6. The van der Waals surface area contributed by atoms with E-state index in [0.29, 0.717) is 0 Å².